The standard InChI is InChI=1S/C18H14ClNO4S/c19-15-8-6-14-11-16(9-7-13(14)10-15)25(23,24)20-17(18(21)22)12-4-2-1-3-5-12/h1-11,17,20H,(H,21,22). The second kappa shape index (κ2) is 6.84. The highest BCUT2D eigenvalue weighted by Gasteiger charge is 2.26. The summed E-state index contributed by atoms with van der Waals surface area (Å²) in [6.07, 6.45) is 0. The highest BCUT2D eigenvalue weighted by atomic mass is 35.5. The third kappa shape index (κ3) is 3.82. The third-order valence-electron chi connectivity index (χ3n) is 3.74. The van der Waals surface area contributed by atoms with Crippen LogP contribution in [0.1, 0.15) is 11.6 Å². The lowest BCUT2D eigenvalue weighted by molar-refractivity contribution is -0.139. The number of hydrogen-bond acceptors (Lipinski definition) is 3. The Bertz CT molecular complexity index is 1040. The van der Waals surface area contributed by atoms with Gasteiger partial charge in [0, 0.05) is 5.02 Å². The summed E-state index contributed by atoms with van der Waals surface area (Å²) >= 11 is 5.92. The zero-order valence-corrected chi connectivity index (χ0v) is 14.5. The smallest absolute Gasteiger partial charge is 0.326 e. The molecule has 128 valence electrons. The van der Waals surface area contributed by atoms with Gasteiger partial charge in [0.25, 0.3) is 0 Å². The molecular weight excluding hydrogens is 362 g/mol. The molecule has 1 atom stereocenters. The summed E-state index contributed by atoms with van der Waals surface area (Å²) in [5.74, 6) is -1.28. The van der Waals surface area contributed by atoms with E-state index in [1.165, 1.54) is 12.1 Å². The minimum absolute atomic E-state index is 0.00972. The van der Waals surface area contributed by atoms with Crippen molar-refractivity contribution >= 4 is 38.4 Å². The van der Waals surface area contributed by atoms with Crippen LogP contribution in [0.3, 0.4) is 0 Å². The van der Waals surface area contributed by atoms with E-state index in [-0.39, 0.29) is 4.90 Å². The van der Waals surface area contributed by atoms with E-state index in [1.54, 1.807) is 54.6 Å². The van der Waals surface area contributed by atoms with Gasteiger partial charge in [0.1, 0.15) is 6.04 Å². The van der Waals surface area contributed by atoms with Gasteiger partial charge in [-0.2, -0.15) is 4.72 Å². The number of benzene rings is 3. The Balaban J connectivity index is 1.98. The SMILES string of the molecule is O=C(O)C(NS(=O)(=O)c1ccc2cc(Cl)ccc2c1)c1ccccc1. The first-order chi connectivity index (χ1) is 11.9. The van der Waals surface area contributed by atoms with E-state index in [0.29, 0.717) is 16.0 Å². The van der Waals surface area contributed by atoms with Gasteiger partial charge >= 0.3 is 5.97 Å². The topological polar surface area (TPSA) is 83.5 Å². The molecule has 0 heterocycles. The largest absolute Gasteiger partial charge is 0.480 e. The second-order valence-corrected chi connectivity index (χ2v) is 7.61. The summed E-state index contributed by atoms with van der Waals surface area (Å²) in [6.45, 7) is 0. The van der Waals surface area contributed by atoms with Crippen LogP contribution < -0.4 is 4.72 Å². The molecule has 3 aromatic carbocycles. The molecular formula is C18H14ClNO4S. The van der Waals surface area contributed by atoms with E-state index in [2.05, 4.69) is 4.72 Å². The molecule has 0 saturated heterocycles. The Morgan fingerprint density at radius 2 is 1.60 bits per heavy atom. The minimum atomic E-state index is -4.02. The number of halogens is 1. The molecule has 0 aliphatic heterocycles. The molecule has 0 bridgehead atoms. The molecule has 25 heavy (non-hydrogen) atoms. The number of carboxylic acid groups (broad SMARTS) is 1. The molecule has 0 aliphatic carbocycles. The van der Waals surface area contributed by atoms with Crippen molar-refractivity contribution in [1.29, 1.82) is 0 Å². The summed E-state index contributed by atoms with van der Waals surface area (Å²) in [5, 5.41) is 11.4. The lowest BCUT2D eigenvalue weighted by atomic mass is 10.1. The van der Waals surface area contributed by atoms with Crippen molar-refractivity contribution in [3.05, 3.63) is 77.3 Å². The molecule has 7 heteroatoms. The van der Waals surface area contributed by atoms with Gasteiger partial charge in [-0.05, 0) is 40.6 Å². The monoisotopic (exact) mass is 375 g/mol. The molecule has 0 amide bonds. The summed E-state index contributed by atoms with van der Waals surface area (Å²) in [6, 6.07) is 16.4. The normalized spacial score (nSPS) is 12.8. The second-order valence-electron chi connectivity index (χ2n) is 5.46. The Labute approximate surface area is 149 Å². The van der Waals surface area contributed by atoms with Crippen LogP contribution in [0, 0.1) is 0 Å². The van der Waals surface area contributed by atoms with E-state index in [0.717, 1.165) is 5.39 Å². The fraction of sp³-hybridized carbons (Fsp3) is 0.0556. The van der Waals surface area contributed by atoms with Gasteiger partial charge in [0.05, 0.1) is 4.90 Å². The van der Waals surface area contributed by atoms with Crippen molar-refractivity contribution in [2.75, 3.05) is 0 Å². The quantitative estimate of drug-likeness (QED) is 0.713. The number of carbonyl (C=O) groups is 1. The summed E-state index contributed by atoms with van der Waals surface area (Å²) in [4.78, 5) is 11.5. The number of rotatable bonds is 5. The number of nitrogens with one attached hydrogen (secondary N) is 1. The van der Waals surface area contributed by atoms with Crippen LogP contribution >= 0.6 is 11.6 Å². The molecule has 0 fully saturated rings. The Hall–Kier alpha value is -2.41. The van der Waals surface area contributed by atoms with E-state index >= 15 is 0 Å². The molecule has 0 aromatic heterocycles. The van der Waals surface area contributed by atoms with Crippen molar-refractivity contribution in [3.63, 3.8) is 0 Å². The first-order valence-electron chi connectivity index (χ1n) is 7.36. The zero-order valence-electron chi connectivity index (χ0n) is 12.9. The average Bonchev–Trinajstić information content (AvgIpc) is 2.59. The van der Waals surface area contributed by atoms with Crippen LogP contribution in [-0.2, 0) is 14.8 Å². The zero-order chi connectivity index (χ0) is 18.0. The average molecular weight is 376 g/mol. The van der Waals surface area contributed by atoms with Gasteiger partial charge in [-0.15, -0.1) is 0 Å². The van der Waals surface area contributed by atoms with Crippen LogP contribution in [0.25, 0.3) is 10.8 Å². The number of aliphatic carboxylic acids is 1. The van der Waals surface area contributed by atoms with Gasteiger partial charge in [-0.25, -0.2) is 8.42 Å². The highest BCUT2D eigenvalue weighted by Crippen LogP contribution is 2.24. The van der Waals surface area contributed by atoms with Gasteiger partial charge in [0.15, 0.2) is 0 Å². The Morgan fingerprint density at radius 1 is 0.960 bits per heavy atom. The number of fused-ring (bicyclic) bond motifs is 1. The molecule has 1 unspecified atom stereocenters. The van der Waals surface area contributed by atoms with Gasteiger partial charge in [-0.1, -0.05) is 54.1 Å². The molecule has 0 spiro atoms. The summed E-state index contributed by atoms with van der Waals surface area (Å²) in [7, 11) is -4.02. The summed E-state index contributed by atoms with van der Waals surface area (Å²) < 4.78 is 27.5. The maximum atomic E-state index is 12.6. The minimum Gasteiger partial charge on any atom is -0.480 e. The number of hydrogen-bond donors (Lipinski definition) is 2. The third-order valence-corrected chi connectivity index (χ3v) is 5.39. The maximum absolute atomic E-state index is 12.6. The molecule has 2 N–H and O–H groups in total. The van der Waals surface area contributed by atoms with Crippen molar-refractivity contribution < 1.29 is 18.3 Å². The van der Waals surface area contributed by atoms with Crippen LogP contribution in [0.5, 0.6) is 0 Å². The molecule has 5 nitrogen and oxygen atoms in total. The van der Waals surface area contributed by atoms with Crippen LogP contribution in [0.4, 0.5) is 0 Å². The van der Waals surface area contributed by atoms with Crippen molar-refractivity contribution in [2.24, 2.45) is 0 Å². The van der Waals surface area contributed by atoms with Crippen LogP contribution in [0.2, 0.25) is 5.02 Å². The molecule has 0 saturated carbocycles. The number of sulfonamides is 1. The molecule has 0 radical (unpaired) electrons. The van der Waals surface area contributed by atoms with Crippen molar-refractivity contribution in [2.45, 2.75) is 10.9 Å². The van der Waals surface area contributed by atoms with E-state index in [9.17, 15) is 18.3 Å². The van der Waals surface area contributed by atoms with Crippen LogP contribution in [0.15, 0.2) is 71.6 Å². The first kappa shape index (κ1) is 17.4. The van der Waals surface area contributed by atoms with Crippen molar-refractivity contribution in [1.82, 2.24) is 4.72 Å². The van der Waals surface area contributed by atoms with E-state index in [4.69, 9.17) is 11.6 Å². The fourth-order valence-electron chi connectivity index (χ4n) is 2.49. The predicted octanol–water partition coefficient (Wildman–Crippen LogP) is 3.60. The summed E-state index contributed by atoms with van der Waals surface area (Å²) in [5.41, 5.74) is 0.353. The lowest BCUT2D eigenvalue weighted by Gasteiger charge is -2.15. The highest BCUT2D eigenvalue weighted by molar-refractivity contribution is 7.89. The van der Waals surface area contributed by atoms with E-state index in [1.807, 2.05) is 0 Å². The van der Waals surface area contributed by atoms with Crippen molar-refractivity contribution in [3.8, 4) is 0 Å². The van der Waals surface area contributed by atoms with Gasteiger partial charge in [0.2, 0.25) is 10.0 Å². The van der Waals surface area contributed by atoms with Crippen LogP contribution in [-0.4, -0.2) is 19.5 Å². The Morgan fingerprint density at radius 3 is 2.28 bits per heavy atom. The molecule has 3 aromatic rings. The predicted molar refractivity (Wildman–Crippen MR) is 96.1 cm³/mol. The number of carboxylic acids is 1. The van der Waals surface area contributed by atoms with Gasteiger partial charge < -0.3 is 5.11 Å². The molecule has 3 rings (SSSR count). The molecule has 0 aliphatic rings. The first-order valence-corrected chi connectivity index (χ1v) is 9.22. The Kier molecular flexibility index (Phi) is 4.76. The maximum Gasteiger partial charge on any atom is 0.326 e. The fourth-order valence-corrected chi connectivity index (χ4v) is 3.88. The lowest BCUT2D eigenvalue weighted by Crippen LogP contribution is -2.33. The van der Waals surface area contributed by atoms with E-state index < -0.39 is 22.0 Å². The van der Waals surface area contributed by atoms with Gasteiger partial charge in [-0.3, -0.25) is 4.79 Å².